The van der Waals surface area contributed by atoms with Crippen molar-refractivity contribution in [3.05, 3.63) is 34.9 Å². The normalized spacial score (nSPS) is 12.6. The zero-order valence-corrected chi connectivity index (χ0v) is 19.2. The molecule has 1 nitrogen and oxygen atoms in total. The fraction of sp³-hybridized carbons (Fsp3) is 0.714. The van der Waals surface area contributed by atoms with Crippen LogP contribution in [0.5, 0.6) is 0 Å². The van der Waals surface area contributed by atoms with Gasteiger partial charge in [0.05, 0.1) is 0 Å². The molecule has 1 aromatic carbocycles. The van der Waals surface area contributed by atoms with Crippen LogP contribution in [0, 0.1) is 0 Å². The Morgan fingerprint density at radius 1 is 0.885 bits per heavy atom. The Hall–Kier alpha value is -0.231. The molecule has 0 spiro atoms. The summed E-state index contributed by atoms with van der Waals surface area (Å²) in [6, 6.07) is 4.12. The fourth-order valence-corrected chi connectivity index (χ4v) is 4.17. The zero-order chi connectivity index (χ0) is 19.6. The SMILES string of the molecule is CCCCc1cc(C(F)(F)F)ccc1CO[C]([Sn])(CCCC)CCCC. The van der Waals surface area contributed by atoms with Crippen molar-refractivity contribution >= 4 is 22.5 Å². The van der Waals surface area contributed by atoms with E-state index in [0.717, 1.165) is 62.5 Å². The molecule has 0 aromatic heterocycles. The molecule has 0 amide bonds. The van der Waals surface area contributed by atoms with E-state index in [0.29, 0.717) is 13.0 Å². The molecule has 0 saturated heterocycles. The Labute approximate surface area is 170 Å². The molecule has 0 aliphatic rings. The van der Waals surface area contributed by atoms with Crippen molar-refractivity contribution in [1.29, 1.82) is 0 Å². The van der Waals surface area contributed by atoms with E-state index in [1.165, 1.54) is 34.7 Å². The third-order valence-electron chi connectivity index (χ3n) is 4.71. The van der Waals surface area contributed by atoms with Gasteiger partial charge in [0, 0.05) is 0 Å². The summed E-state index contributed by atoms with van der Waals surface area (Å²) in [6.07, 6.45) is 4.83. The number of halogens is 3. The van der Waals surface area contributed by atoms with E-state index in [2.05, 4.69) is 20.8 Å². The molecule has 5 heteroatoms. The fourth-order valence-electron chi connectivity index (χ4n) is 2.95. The molecule has 0 heterocycles. The van der Waals surface area contributed by atoms with Gasteiger partial charge in [-0.15, -0.1) is 0 Å². The average molecular weight is 476 g/mol. The van der Waals surface area contributed by atoms with Gasteiger partial charge in [0.1, 0.15) is 0 Å². The Balaban J connectivity index is 2.93. The Morgan fingerprint density at radius 3 is 1.96 bits per heavy atom. The van der Waals surface area contributed by atoms with Crippen molar-refractivity contribution in [3.63, 3.8) is 0 Å². The van der Waals surface area contributed by atoms with Gasteiger partial charge in [0.25, 0.3) is 0 Å². The van der Waals surface area contributed by atoms with Gasteiger partial charge < -0.3 is 0 Å². The summed E-state index contributed by atoms with van der Waals surface area (Å²) in [4.78, 5) is 0. The van der Waals surface area contributed by atoms with Crippen LogP contribution >= 0.6 is 0 Å². The number of alkyl halides is 3. The number of rotatable bonds is 12. The summed E-state index contributed by atoms with van der Waals surface area (Å²) in [5.74, 6) is 0. The second-order valence-electron chi connectivity index (χ2n) is 7.07. The first-order valence-corrected chi connectivity index (χ1v) is 11.3. The summed E-state index contributed by atoms with van der Waals surface area (Å²) in [5, 5.41) is 0. The number of hydrogen-bond acceptors (Lipinski definition) is 1. The average Bonchev–Trinajstić information content (AvgIpc) is 2.61. The van der Waals surface area contributed by atoms with Gasteiger partial charge in [-0.05, 0) is 0 Å². The van der Waals surface area contributed by atoms with Crippen LogP contribution in [0.4, 0.5) is 13.2 Å². The maximum absolute atomic E-state index is 13.0. The second-order valence-corrected chi connectivity index (χ2v) is 9.68. The third kappa shape index (κ3) is 8.20. The van der Waals surface area contributed by atoms with Crippen LogP contribution in [0.15, 0.2) is 18.2 Å². The van der Waals surface area contributed by atoms with Crippen LogP contribution in [0.25, 0.3) is 0 Å². The molecule has 0 aliphatic carbocycles. The van der Waals surface area contributed by atoms with E-state index in [-0.39, 0.29) is 3.62 Å². The molecular weight excluding hydrogens is 444 g/mol. The van der Waals surface area contributed by atoms with Gasteiger partial charge in [-0.25, -0.2) is 0 Å². The van der Waals surface area contributed by atoms with Crippen molar-refractivity contribution in [1.82, 2.24) is 0 Å². The Bertz CT molecular complexity index is 520. The maximum atomic E-state index is 13.0. The minimum absolute atomic E-state index is 0.108. The van der Waals surface area contributed by atoms with E-state index in [1.54, 1.807) is 6.07 Å². The number of hydrogen-bond donors (Lipinski definition) is 0. The number of aryl methyl sites for hydroxylation is 1. The molecule has 147 valence electrons. The van der Waals surface area contributed by atoms with Gasteiger partial charge in [-0.1, -0.05) is 0 Å². The predicted molar refractivity (Wildman–Crippen MR) is 102 cm³/mol. The predicted octanol–water partition coefficient (Wildman–Crippen LogP) is 6.81. The molecule has 3 radical (unpaired) electrons. The van der Waals surface area contributed by atoms with Crippen LogP contribution in [0.2, 0.25) is 0 Å². The number of benzene rings is 1. The zero-order valence-electron chi connectivity index (χ0n) is 16.3. The van der Waals surface area contributed by atoms with Crippen molar-refractivity contribution in [3.8, 4) is 0 Å². The summed E-state index contributed by atoms with van der Waals surface area (Å²) in [5.41, 5.74) is 1.13. The van der Waals surface area contributed by atoms with Crippen molar-refractivity contribution in [2.45, 2.75) is 95.0 Å². The van der Waals surface area contributed by atoms with E-state index >= 15 is 0 Å². The molecular formula is C21H32F3OSn. The molecule has 0 N–H and O–H groups in total. The second kappa shape index (κ2) is 11.6. The van der Waals surface area contributed by atoms with Crippen LogP contribution in [0.3, 0.4) is 0 Å². The summed E-state index contributed by atoms with van der Waals surface area (Å²) in [6.45, 7) is 6.82. The van der Waals surface area contributed by atoms with Gasteiger partial charge >= 0.3 is 170 Å². The summed E-state index contributed by atoms with van der Waals surface area (Å²) in [7, 11) is 0. The molecule has 0 bridgehead atoms. The van der Waals surface area contributed by atoms with Gasteiger partial charge in [-0.2, -0.15) is 0 Å². The number of unbranched alkanes of at least 4 members (excludes halogenated alkanes) is 3. The van der Waals surface area contributed by atoms with Crippen LogP contribution in [-0.2, 0) is 23.9 Å². The van der Waals surface area contributed by atoms with Crippen LogP contribution in [-0.4, -0.2) is 26.1 Å². The number of ether oxygens (including phenoxy) is 1. The van der Waals surface area contributed by atoms with Crippen LogP contribution < -0.4 is 0 Å². The first-order valence-electron chi connectivity index (χ1n) is 9.83. The van der Waals surface area contributed by atoms with Gasteiger partial charge in [-0.3, -0.25) is 0 Å². The standard InChI is InChI=1S/C21H32F3O.Sn/c1-4-7-10-17-15-19(21(22,23)24)14-13-18(17)16-25-20(11-8-5-2)12-9-6-3;/h13-15H,4-12,16H2,1-3H3;. The topological polar surface area (TPSA) is 9.23 Å². The first kappa shape index (κ1) is 23.8. The van der Waals surface area contributed by atoms with Gasteiger partial charge in [0.15, 0.2) is 0 Å². The van der Waals surface area contributed by atoms with Crippen molar-refractivity contribution in [2.24, 2.45) is 0 Å². The van der Waals surface area contributed by atoms with Crippen molar-refractivity contribution in [2.75, 3.05) is 0 Å². The van der Waals surface area contributed by atoms with E-state index < -0.39 is 11.7 Å². The molecule has 0 saturated carbocycles. The summed E-state index contributed by atoms with van der Waals surface area (Å²) < 4.78 is 45.4. The molecule has 26 heavy (non-hydrogen) atoms. The molecule has 0 aliphatic heterocycles. The third-order valence-corrected chi connectivity index (χ3v) is 6.54. The Kier molecular flexibility index (Phi) is 10.6. The monoisotopic (exact) mass is 477 g/mol. The molecule has 0 unspecified atom stereocenters. The minimum atomic E-state index is -4.29. The molecule has 0 atom stereocenters. The Morgan fingerprint density at radius 2 is 1.46 bits per heavy atom. The quantitative estimate of drug-likeness (QED) is 0.301. The summed E-state index contributed by atoms with van der Waals surface area (Å²) >= 11 is 1.37. The molecule has 1 aromatic rings. The van der Waals surface area contributed by atoms with E-state index in [1.807, 2.05) is 0 Å². The first-order chi connectivity index (χ1) is 12.3. The molecule has 0 fully saturated rings. The van der Waals surface area contributed by atoms with Crippen molar-refractivity contribution < 1.29 is 17.9 Å². The van der Waals surface area contributed by atoms with E-state index in [4.69, 9.17) is 4.74 Å². The van der Waals surface area contributed by atoms with Gasteiger partial charge in [0.2, 0.25) is 0 Å². The molecule has 1 rings (SSSR count). The van der Waals surface area contributed by atoms with Crippen LogP contribution in [0.1, 0.15) is 88.8 Å². The van der Waals surface area contributed by atoms with E-state index in [9.17, 15) is 13.2 Å².